The Hall–Kier alpha value is -0.0500. The second-order valence-electron chi connectivity index (χ2n) is 14.0. The monoisotopic (exact) mass is 504 g/mol. The average Bonchev–Trinajstić information content (AvgIpc) is 3.21. The van der Waals surface area contributed by atoms with Crippen LogP contribution in [0, 0.1) is 46.3 Å². The van der Waals surface area contributed by atoms with E-state index < -0.39 is 0 Å². The summed E-state index contributed by atoms with van der Waals surface area (Å²) in [5.74, 6) is 6.01. The average molecular weight is 505 g/mol. The first kappa shape index (κ1) is 26.6. The van der Waals surface area contributed by atoms with Crippen LogP contribution in [0.1, 0.15) is 118 Å². The zero-order valence-electron chi connectivity index (χ0n) is 23.2. The molecule has 5 rings (SSSR count). The highest BCUT2D eigenvalue weighted by molar-refractivity contribution is 6.18. The maximum absolute atomic E-state index is 6.94. The van der Waals surface area contributed by atoms with Gasteiger partial charge >= 0.3 is 0 Å². The van der Waals surface area contributed by atoms with E-state index in [2.05, 4.69) is 33.8 Å². The molecule has 5 aliphatic rings. The fourth-order valence-electron chi connectivity index (χ4n) is 9.85. The lowest BCUT2D eigenvalue weighted by Gasteiger charge is -2.59. The van der Waals surface area contributed by atoms with Gasteiger partial charge in [0.1, 0.15) is 0 Å². The molecule has 0 aromatic carbocycles. The van der Waals surface area contributed by atoms with Crippen molar-refractivity contribution in [2.45, 2.75) is 130 Å². The molecular formula is C32H53ClO2. The van der Waals surface area contributed by atoms with E-state index in [0.717, 1.165) is 67.3 Å². The van der Waals surface area contributed by atoms with Gasteiger partial charge in [-0.05, 0) is 112 Å². The topological polar surface area (TPSA) is 18.5 Å². The summed E-state index contributed by atoms with van der Waals surface area (Å²) in [5, 5.41) is 0. The van der Waals surface area contributed by atoms with E-state index in [0.29, 0.717) is 11.5 Å². The zero-order chi connectivity index (χ0) is 24.6. The molecule has 0 N–H and O–H groups in total. The molecule has 1 heterocycles. The van der Waals surface area contributed by atoms with Crippen LogP contribution in [0.15, 0.2) is 11.6 Å². The van der Waals surface area contributed by atoms with E-state index in [1.165, 1.54) is 70.6 Å². The van der Waals surface area contributed by atoms with E-state index in [9.17, 15) is 0 Å². The van der Waals surface area contributed by atoms with Crippen molar-refractivity contribution >= 4 is 11.6 Å². The van der Waals surface area contributed by atoms with Gasteiger partial charge in [-0.1, -0.05) is 58.6 Å². The molecule has 1 aliphatic heterocycles. The molecule has 4 aliphatic carbocycles. The Morgan fingerprint density at radius 1 is 1.03 bits per heavy atom. The lowest BCUT2D eigenvalue weighted by atomic mass is 9.47. The predicted molar refractivity (Wildman–Crippen MR) is 147 cm³/mol. The van der Waals surface area contributed by atoms with Crippen molar-refractivity contribution in [1.82, 2.24) is 0 Å². The van der Waals surface area contributed by atoms with Gasteiger partial charge in [0.05, 0.1) is 6.10 Å². The Morgan fingerprint density at radius 3 is 2.63 bits per heavy atom. The fourth-order valence-corrected chi connectivity index (χ4v) is 10.3. The van der Waals surface area contributed by atoms with Crippen LogP contribution in [0.2, 0.25) is 0 Å². The van der Waals surface area contributed by atoms with E-state index >= 15 is 0 Å². The lowest BCUT2D eigenvalue weighted by molar-refractivity contribution is -0.195. The Kier molecular flexibility index (Phi) is 8.33. The predicted octanol–water partition coefficient (Wildman–Crippen LogP) is 9.16. The Bertz CT molecular complexity index is 742. The summed E-state index contributed by atoms with van der Waals surface area (Å²) in [7, 11) is 0. The second-order valence-corrected chi connectivity index (χ2v) is 14.2. The summed E-state index contributed by atoms with van der Waals surface area (Å²) in [5.41, 5.74) is 2.44. The SMILES string of the molecule is CC(C)CCC[C@@H](C)[C@H]1CC[C@H]2[C@@H]3CC=C4C[C@@H](OC5CCCCO5)CC[C@]4(CCl)[C@H]3CC[C@]12C. The number of hydrogen-bond donors (Lipinski definition) is 0. The lowest BCUT2D eigenvalue weighted by Crippen LogP contribution is -2.53. The number of hydrogen-bond acceptors (Lipinski definition) is 2. The Morgan fingerprint density at radius 2 is 1.89 bits per heavy atom. The van der Waals surface area contributed by atoms with Gasteiger partial charge in [-0.2, -0.15) is 0 Å². The largest absolute Gasteiger partial charge is 0.353 e. The third-order valence-corrected chi connectivity index (χ3v) is 12.2. The molecule has 0 aromatic rings. The van der Waals surface area contributed by atoms with Gasteiger partial charge in [0.15, 0.2) is 6.29 Å². The number of fused-ring (bicyclic) bond motifs is 5. The van der Waals surface area contributed by atoms with Crippen molar-refractivity contribution in [3.63, 3.8) is 0 Å². The van der Waals surface area contributed by atoms with Gasteiger partial charge in [0, 0.05) is 17.9 Å². The third kappa shape index (κ3) is 5.04. The van der Waals surface area contributed by atoms with Crippen molar-refractivity contribution in [2.24, 2.45) is 46.3 Å². The number of ether oxygens (including phenoxy) is 2. The first-order valence-electron chi connectivity index (χ1n) is 15.4. The molecule has 0 amide bonds. The third-order valence-electron chi connectivity index (χ3n) is 11.7. The molecular weight excluding hydrogens is 452 g/mol. The fraction of sp³-hybridized carbons (Fsp3) is 0.938. The van der Waals surface area contributed by atoms with Crippen LogP contribution in [0.4, 0.5) is 0 Å². The normalized spacial score (nSPS) is 44.3. The standard InChI is InChI=1S/C32H53ClO2/c1-22(2)8-7-9-23(3)27-13-14-28-26-12-11-24-20-25(35-30-10-5-6-19-34-30)15-18-32(24,21-33)29(26)16-17-31(27,28)4/h11,22-23,25-30H,5-10,12-21H2,1-4H3/t23-,25+,26+,27-,28+,29+,30?,31-,32-/m1/s1. The molecule has 1 unspecified atom stereocenters. The highest BCUT2D eigenvalue weighted by Gasteiger charge is 2.60. The summed E-state index contributed by atoms with van der Waals surface area (Å²) in [4.78, 5) is 0. The van der Waals surface area contributed by atoms with Gasteiger partial charge in [-0.15, -0.1) is 11.6 Å². The van der Waals surface area contributed by atoms with Crippen LogP contribution in [0.25, 0.3) is 0 Å². The number of rotatable bonds is 8. The second kappa shape index (κ2) is 11.0. The van der Waals surface area contributed by atoms with Crippen LogP contribution in [-0.2, 0) is 9.47 Å². The molecule has 9 atom stereocenters. The highest BCUT2D eigenvalue weighted by Crippen LogP contribution is 2.67. The molecule has 0 radical (unpaired) electrons. The maximum Gasteiger partial charge on any atom is 0.157 e. The van der Waals surface area contributed by atoms with Gasteiger partial charge in [0.25, 0.3) is 0 Å². The molecule has 200 valence electrons. The van der Waals surface area contributed by atoms with Crippen LogP contribution < -0.4 is 0 Å². The van der Waals surface area contributed by atoms with Crippen molar-refractivity contribution < 1.29 is 9.47 Å². The number of allylic oxidation sites excluding steroid dienone is 1. The molecule has 0 bridgehead atoms. The minimum atomic E-state index is 0.0301. The number of halogens is 1. The van der Waals surface area contributed by atoms with Crippen molar-refractivity contribution in [3.05, 3.63) is 11.6 Å². The Balaban J connectivity index is 1.27. The minimum Gasteiger partial charge on any atom is -0.353 e. The Labute approximate surface area is 221 Å². The van der Waals surface area contributed by atoms with E-state index in [1.54, 1.807) is 5.57 Å². The minimum absolute atomic E-state index is 0.0301. The van der Waals surface area contributed by atoms with E-state index in [4.69, 9.17) is 21.1 Å². The highest BCUT2D eigenvalue weighted by atomic mass is 35.5. The summed E-state index contributed by atoms with van der Waals surface area (Å²) in [6.45, 7) is 10.9. The quantitative estimate of drug-likeness (QED) is 0.242. The van der Waals surface area contributed by atoms with Crippen LogP contribution in [-0.4, -0.2) is 24.9 Å². The molecule has 0 spiro atoms. The molecule has 3 heteroatoms. The van der Waals surface area contributed by atoms with Gasteiger partial charge in [0.2, 0.25) is 0 Å². The van der Waals surface area contributed by atoms with Crippen LogP contribution in [0.5, 0.6) is 0 Å². The molecule has 0 aromatic heterocycles. The molecule has 3 saturated carbocycles. The summed E-state index contributed by atoms with van der Waals surface area (Å²) < 4.78 is 12.4. The molecule has 4 fully saturated rings. The van der Waals surface area contributed by atoms with Crippen LogP contribution >= 0.6 is 11.6 Å². The van der Waals surface area contributed by atoms with E-state index in [1.807, 2.05) is 0 Å². The van der Waals surface area contributed by atoms with Crippen molar-refractivity contribution in [1.29, 1.82) is 0 Å². The summed E-state index contributed by atoms with van der Waals surface area (Å²) in [6.07, 6.45) is 21.3. The molecule has 35 heavy (non-hydrogen) atoms. The van der Waals surface area contributed by atoms with Gasteiger partial charge in [-0.25, -0.2) is 0 Å². The van der Waals surface area contributed by atoms with E-state index in [-0.39, 0.29) is 11.7 Å². The maximum atomic E-state index is 6.94. The zero-order valence-corrected chi connectivity index (χ0v) is 24.0. The summed E-state index contributed by atoms with van der Waals surface area (Å²) in [6, 6.07) is 0. The molecule has 1 saturated heterocycles. The van der Waals surface area contributed by atoms with Gasteiger partial charge < -0.3 is 9.47 Å². The van der Waals surface area contributed by atoms with Gasteiger partial charge in [-0.3, -0.25) is 0 Å². The van der Waals surface area contributed by atoms with Crippen LogP contribution in [0.3, 0.4) is 0 Å². The number of alkyl halides is 1. The van der Waals surface area contributed by atoms with Crippen molar-refractivity contribution in [3.8, 4) is 0 Å². The smallest absolute Gasteiger partial charge is 0.157 e. The first-order chi connectivity index (χ1) is 16.9. The summed E-state index contributed by atoms with van der Waals surface area (Å²) >= 11 is 6.94. The molecule has 2 nitrogen and oxygen atoms in total. The first-order valence-corrected chi connectivity index (χ1v) is 15.9. The van der Waals surface area contributed by atoms with Crippen molar-refractivity contribution in [2.75, 3.05) is 12.5 Å².